The second-order valence-corrected chi connectivity index (χ2v) is 8.52. The van der Waals surface area contributed by atoms with Gasteiger partial charge in [-0.25, -0.2) is 17.9 Å². The highest BCUT2D eigenvalue weighted by atomic mass is 32.2. The van der Waals surface area contributed by atoms with Crippen LogP contribution in [0.4, 0.5) is 0 Å². The quantitative estimate of drug-likeness (QED) is 0.462. The van der Waals surface area contributed by atoms with Gasteiger partial charge in [-0.2, -0.15) is 12.7 Å². The summed E-state index contributed by atoms with van der Waals surface area (Å²) in [5, 5.41) is 8.85. The number of rotatable bonds is 8. The van der Waals surface area contributed by atoms with Gasteiger partial charge < -0.3 is 5.11 Å². The van der Waals surface area contributed by atoms with Crippen molar-refractivity contribution >= 4 is 26.2 Å². The molecule has 0 aromatic rings. The molecule has 0 bridgehead atoms. The number of aliphatic carboxylic acids is 1. The van der Waals surface area contributed by atoms with Crippen molar-refractivity contribution in [3.63, 3.8) is 0 Å². The van der Waals surface area contributed by atoms with E-state index in [-0.39, 0.29) is 26.2 Å². The zero-order chi connectivity index (χ0) is 16.1. The molecular weight excluding hydrogens is 322 g/mol. The summed E-state index contributed by atoms with van der Waals surface area (Å²) in [4.78, 5) is 10.8. The van der Waals surface area contributed by atoms with Gasteiger partial charge in [0, 0.05) is 26.2 Å². The van der Waals surface area contributed by atoms with Gasteiger partial charge in [0.25, 0.3) is 10.2 Å². The van der Waals surface area contributed by atoms with E-state index >= 15 is 0 Å². The van der Waals surface area contributed by atoms with Crippen molar-refractivity contribution in [3.8, 4) is 0 Å². The molecule has 1 saturated heterocycles. The summed E-state index contributed by atoms with van der Waals surface area (Å²) in [5.74, 6) is -1.39. The van der Waals surface area contributed by atoms with Gasteiger partial charge in [-0.1, -0.05) is 0 Å². The van der Waals surface area contributed by atoms with Crippen LogP contribution in [-0.2, 0) is 25.0 Å². The van der Waals surface area contributed by atoms with Crippen LogP contribution in [0.1, 0.15) is 19.3 Å². The van der Waals surface area contributed by atoms with Gasteiger partial charge in [-0.3, -0.25) is 4.79 Å². The molecule has 1 heterocycles. The lowest BCUT2D eigenvalue weighted by atomic mass is 9.99. The van der Waals surface area contributed by atoms with Crippen LogP contribution in [0, 0.1) is 5.92 Å². The molecular formula is C10H21N3O6S2. The zero-order valence-corrected chi connectivity index (χ0v) is 13.4. The zero-order valence-electron chi connectivity index (χ0n) is 11.8. The number of sulfonamides is 1. The molecule has 9 nitrogen and oxygen atoms in total. The number of hydrogen-bond donors (Lipinski definition) is 3. The minimum absolute atomic E-state index is 0.115. The van der Waals surface area contributed by atoms with Crippen LogP contribution in [0.25, 0.3) is 0 Å². The first-order valence-electron chi connectivity index (χ1n) is 6.54. The highest BCUT2D eigenvalue weighted by Gasteiger charge is 2.30. The van der Waals surface area contributed by atoms with Crippen molar-refractivity contribution in [2.24, 2.45) is 5.92 Å². The van der Waals surface area contributed by atoms with Gasteiger partial charge in [0.15, 0.2) is 0 Å². The molecule has 0 atom stereocenters. The first-order valence-corrected chi connectivity index (χ1v) is 9.87. The SMILES string of the molecule is CS(=O)(=O)NCCCNS(=O)(=O)N1CCC(C(=O)O)CC1. The van der Waals surface area contributed by atoms with Gasteiger partial charge >= 0.3 is 5.97 Å². The lowest BCUT2D eigenvalue weighted by molar-refractivity contribution is -0.142. The van der Waals surface area contributed by atoms with E-state index in [1.54, 1.807) is 0 Å². The molecule has 0 aliphatic carbocycles. The number of carbonyl (C=O) groups is 1. The number of nitrogens with zero attached hydrogens (tertiary/aromatic N) is 1. The normalized spacial score (nSPS) is 18.7. The second kappa shape index (κ2) is 7.49. The standard InChI is InChI=1S/C10H21N3O6S2/c1-20(16,17)11-5-2-6-12-21(18,19)13-7-3-9(4-8-13)10(14)15/h9,11-12H,2-8H2,1H3,(H,14,15). The molecule has 0 spiro atoms. The summed E-state index contributed by atoms with van der Waals surface area (Å²) in [5.41, 5.74) is 0. The van der Waals surface area contributed by atoms with Crippen molar-refractivity contribution in [1.29, 1.82) is 0 Å². The monoisotopic (exact) mass is 343 g/mol. The van der Waals surface area contributed by atoms with Crippen LogP contribution in [0.2, 0.25) is 0 Å². The first-order chi connectivity index (χ1) is 9.62. The Bertz CT molecular complexity index is 551. The molecule has 0 radical (unpaired) electrons. The van der Waals surface area contributed by atoms with Crippen LogP contribution in [0.15, 0.2) is 0 Å². The third-order valence-electron chi connectivity index (χ3n) is 3.15. The number of hydrogen-bond acceptors (Lipinski definition) is 5. The molecule has 0 saturated carbocycles. The fraction of sp³-hybridized carbons (Fsp3) is 0.900. The Kier molecular flexibility index (Phi) is 6.53. The molecule has 1 aliphatic heterocycles. The number of carboxylic acids is 1. The summed E-state index contributed by atoms with van der Waals surface area (Å²) in [6.45, 7) is 0.619. The van der Waals surface area contributed by atoms with Gasteiger partial charge in [0.2, 0.25) is 10.0 Å². The van der Waals surface area contributed by atoms with E-state index in [2.05, 4.69) is 9.44 Å². The Balaban J connectivity index is 2.33. The molecule has 0 amide bonds. The molecule has 21 heavy (non-hydrogen) atoms. The van der Waals surface area contributed by atoms with Gasteiger partial charge in [-0.05, 0) is 19.3 Å². The topological polar surface area (TPSA) is 133 Å². The Morgan fingerprint density at radius 1 is 1.14 bits per heavy atom. The number of nitrogens with one attached hydrogen (secondary N) is 2. The van der Waals surface area contributed by atoms with E-state index in [9.17, 15) is 21.6 Å². The smallest absolute Gasteiger partial charge is 0.306 e. The second-order valence-electron chi connectivity index (χ2n) is 4.93. The molecule has 11 heteroatoms. The maximum Gasteiger partial charge on any atom is 0.306 e. The Morgan fingerprint density at radius 3 is 2.14 bits per heavy atom. The summed E-state index contributed by atoms with van der Waals surface area (Å²) < 4.78 is 51.4. The van der Waals surface area contributed by atoms with Crippen molar-refractivity contribution in [2.75, 3.05) is 32.4 Å². The van der Waals surface area contributed by atoms with Gasteiger partial charge in [-0.15, -0.1) is 0 Å². The predicted octanol–water partition coefficient (Wildman–Crippen LogP) is -1.44. The van der Waals surface area contributed by atoms with E-state index in [4.69, 9.17) is 5.11 Å². The minimum atomic E-state index is -3.64. The maximum absolute atomic E-state index is 12.0. The lowest BCUT2D eigenvalue weighted by Gasteiger charge is -2.29. The molecule has 0 aromatic carbocycles. The van der Waals surface area contributed by atoms with E-state index < -0.39 is 32.1 Å². The molecule has 0 aromatic heterocycles. The Labute approximate surface area is 124 Å². The highest BCUT2D eigenvalue weighted by Crippen LogP contribution is 2.18. The summed E-state index contributed by atoms with van der Waals surface area (Å²) in [7, 11) is -6.90. The maximum atomic E-state index is 12.0. The third-order valence-corrected chi connectivity index (χ3v) is 5.49. The summed E-state index contributed by atoms with van der Waals surface area (Å²) >= 11 is 0. The summed E-state index contributed by atoms with van der Waals surface area (Å²) in [6, 6.07) is 0. The molecule has 124 valence electrons. The van der Waals surface area contributed by atoms with Crippen molar-refractivity contribution in [3.05, 3.63) is 0 Å². The summed E-state index contributed by atoms with van der Waals surface area (Å²) in [6.07, 6.45) is 1.96. The molecule has 3 N–H and O–H groups in total. The largest absolute Gasteiger partial charge is 0.481 e. The molecule has 1 rings (SSSR count). The van der Waals surface area contributed by atoms with E-state index in [0.717, 1.165) is 6.26 Å². The molecule has 0 unspecified atom stereocenters. The van der Waals surface area contributed by atoms with E-state index in [1.165, 1.54) is 4.31 Å². The fourth-order valence-corrected chi connectivity index (χ4v) is 3.77. The van der Waals surface area contributed by atoms with Crippen LogP contribution >= 0.6 is 0 Å². The third kappa shape index (κ3) is 6.70. The van der Waals surface area contributed by atoms with Crippen LogP contribution in [0.3, 0.4) is 0 Å². The Hall–Kier alpha value is -0.750. The first kappa shape index (κ1) is 18.3. The van der Waals surface area contributed by atoms with Crippen molar-refractivity contribution < 1.29 is 26.7 Å². The van der Waals surface area contributed by atoms with Crippen molar-refractivity contribution in [2.45, 2.75) is 19.3 Å². The van der Waals surface area contributed by atoms with Crippen LogP contribution < -0.4 is 9.44 Å². The predicted molar refractivity (Wildman–Crippen MR) is 76.3 cm³/mol. The minimum Gasteiger partial charge on any atom is -0.481 e. The highest BCUT2D eigenvalue weighted by molar-refractivity contribution is 7.88. The van der Waals surface area contributed by atoms with Crippen LogP contribution in [0.5, 0.6) is 0 Å². The number of piperidine rings is 1. The van der Waals surface area contributed by atoms with Crippen molar-refractivity contribution in [1.82, 2.24) is 13.7 Å². The van der Waals surface area contributed by atoms with E-state index in [1.807, 2.05) is 0 Å². The average Bonchev–Trinajstić information content (AvgIpc) is 2.37. The fourth-order valence-electron chi connectivity index (χ4n) is 1.98. The lowest BCUT2D eigenvalue weighted by Crippen LogP contribution is -2.46. The molecule has 1 aliphatic rings. The van der Waals surface area contributed by atoms with Crippen LogP contribution in [-0.4, -0.2) is 64.7 Å². The Morgan fingerprint density at radius 2 is 1.67 bits per heavy atom. The van der Waals surface area contributed by atoms with E-state index in [0.29, 0.717) is 19.3 Å². The average molecular weight is 343 g/mol. The van der Waals surface area contributed by atoms with Gasteiger partial charge in [0.1, 0.15) is 0 Å². The number of carboxylic acid groups (broad SMARTS) is 1. The van der Waals surface area contributed by atoms with Gasteiger partial charge in [0.05, 0.1) is 12.2 Å². The molecule has 1 fully saturated rings.